The van der Waals surface area contributed by atoms with Crippen LogP contribution in [0.3, 0.4) is 0 Å². The van der Waals surface area contributed by atoms with Gasteiger partial charge in [0.05, 0.1) is 0 Å². The summed E-state index contributed by atoms with van der Waals surface area (Å²) in [7, 11) is 2.00. The van der Waals surface area contributed by atoms with Crippen molar-refractivity contribution in [2.45, 2.75) is 56.1 Å². The van der Waals surface area contributed by atoms with Crippen LogP contribution in [0, 0.1) is 0 Å². The molecular weight excluding hydrogens is 448 g/mol. The maximum atomic E-state index is 12.6. The minimum atomic E-state index is -1.04. The van der Waals surface area contributed by atoms with Gasteiger partial charge in [0.1, 0.15) is 23.3 Å². The van der Waals surface area contributed by atoms with Crippen molar-refractivity contribution < 1.29 is 14.0 Å². The molecule has 2 aromatic rings. The number of nitrogens with one attached hydrogen (secondary N) is 1. The molecule has 0 saturated carbocycles. The second-order valence-corrected chi connectivity index (χ2v) is 10.2. The van der Waals surface area contributed by atoms with Crippen LogP contribution in [0.4, 0.5) is 11.8 Å². The van der Waals surface area contributed by atoms with E-state index in [1.54, 1.807) is 0 Å². The Kier molecular flexibility index (Phi) is 7.99. The number of aromatic nitrogens is 2. The van der Waals surface area contributed by atoms with Crippen molar-refractivity contribution in [1.82, 2.24) is 9.97 Å². The fourth-order valence-corrected chi connectivity index (χ4v) is 5.42. The van der Waals surface area contributed by atoms with Gasteiger partial charge in [-0.3, -0.25) is 0 Å². The van der Waals surface area contributed by atoms with Gasteiger partial charge in [0.15, 0.2) is 5.82 Å². The molecular formula is C23H31ClN4O3S. The predicted octanol–water partition coefficient (Wildman–Crippen LogP) is 4.07. The number of anilines is 2. The molecule has 1 aromatic carbocycles. The van der Waals surface area contributed by atoms with Gasteiger partial charge in [-0.15, -0.1) is 0 Å². The summed E-state index contributed by atoms with van der Waals surface area (Å²) in [6.45, 7) is 4.36. The van der Waals surface area contributed by atoms with Crippen LogP contribution in [0.15, 0.2) is 29.2 Å². The Morgan fingerprint density at radius 2 is 2.03 bits per heavy atom. The molecule has 0 spiro atoms. The Morgan fingerprint density at radius 3 is 2.75 bits per heavy atom. The second-order valence-electron chi connectivity index (χ2n) is 8.29. The summed E-state index contributed by atoms with van der Waals surface area (Å²) in [5.74, 6) is 2.83. The fourth-order valence-electron chi connectivity index (χ4n) is 3.98. The number of halogens is 1. The van der Waals surface area contributed by atoms with Crippen molar-refractivity contribution in [3.05, 3.63) is 35.0 Å². The monoisotopic (exact) mass is 478 g/mol. The first kappa shape index (κ1) is 23.4. The molecule has 0 bridgehead atoms. The lowest BCUT2D eigenvalue weighted by molar-refractivity contribution is 0.0903. The molecule has 174 valence electrons. The molecule has 4 rings (SSSR count). The quantitative estimate of drug-likeness (QED) is 0.544. The molecule has 2 aliphatic rings. The van der Waals surface area contributed by atoms with E-state index in [1.807, 2.05) is 31.3 Å². The maximum absolute atomic E-state index is 12.6. The van der Waals surface area contributed by atoms with Crippen LogP contribution in [0.25, 0.3) is 0 Å². The van der Waals surface area contributed by atoms with E-state index < -0.39 is 11.2 Å². The predicted molar refractivity (Wildman–Crippen MR) is 129 cm³/mol. The van der Waals surface area contributed by atoms with E-state index in [-0.39, 0.29) is 12.1 Å². The van der Waals surface area contributed by atoms with Crippen LogP contribution in [0.2, 0.25) is 5.02 Å². The van der Waals surface area contributed by atoms with Crippen molar-refractivity contribution >= 4 is 34.5 Å². The van der Waals surface area contributed by atoms with E-state index in [4.69, 9.17) is 31.0 Å². The minimum absolute atomic E-state index is 0.0837. The average molecular weight is 479 g/mol. The number of hydrogen-bond donors (Lipinski definition) is 1. The lowest BCUT2D eigenvalue weighted by Gasteiger charge is -2.26. The molecule has 7 nitrogen and oxygen atoms in total. The van der Waals surface area contributed by atoms with E-state index >= 15 is 0 Å². The summed E-state index contributed by atoms with van der Waals surface area (Å²) < 4.78 is 24.2. The highest BCUT2D eigenvalue weighted by molar-refractivity contribution is 7.91. The molecule has 2 atom stereocenters. The van der Waals surface area contributed by atoms with Gasteiger partial charge in [-0.05, 0) is 54.7 Å². The maximum Gasteiger partial charge on any atom is 0.227 e. The van der Waals surface area contributed by atoms with Crippen molar-refractivity contribution in [2.24, 2.45) is 0 Å². The van der Waals surface area contributed by atoms with E-state index in [0.717, 1.165) is 74.0 Å². The SMILES string of the molecule is CCC(CCN(C)c1nc2c(c(NC3CCOCC3)n1)[S+]([O-])CC2)Oc1ccc(Cl)cc1. The third kappa shape index (κ3) is 5.78. The van der Waals surface area contributed by atoms with Crippen molar-refractivity contribution in [2.75, 3.05) is 42.8 Å². The average Bonchev–Trinajstić information content (AvgIpc) is 3.19. The lowest BCUT2D eigenvalue weighted by Crippen LogP contribution is -2.30. The van der Waals surface area contributed by atoms with Crippen molar-refractivity contribution in [3.63, 3.8) is 0 Å². The highest BCUT2D eigenvalue weighted by Gasteiger charge is 2.33. The van der Waals surface area contributed by atoms with Crippen LogP contribution in [0.5, 0.6) is 5.75 Å². The molecule has 2 aliphatic heterocycles. The minimum Gasteiger partial charge on any atom is -0.611 e. The van der Waals surface area contributed by atoms with E-state index in [1.165, 1.54) is 0 Å². The standard InChI is InChI=1S/C23H31ClN4O3S/c1-3-18(31-19-6-4-16(24)5-7-19)8-12-28(2)23-26-20-11-15-32(29)21(20)22(27-23)25-17-9-13-30-14-10-17/h4-7,17-18H,3,8-15H2,1-2H3,(H,25,26,27). The zero-order valence-electron chi connectivity index (χ0n) is 18.7. The summed E-state index contributed by atoms with van der Waals surface area (Å²) in [5.41, 5.74) is 0.902. The molecule has 0 amide bonds. The molecule has 32 heavy (non-hydrogen) atoms. The highest BCUT2D eigenvalue weighted by Crippen LogP contribution is 2.33. The molecule has 1 N–H and O–H groups in total. The first-order chi connectivity index (χ1) is 15.5. The third-order valence-electron chi connectivity index (χ3n) is 5.94. The molecule has 1 saturated heterocycles. The van der Waals surface area contributed by atoms with Gasteiger partial charge in [0.25, 0.3) is 0 Å². The molecule has 3 heterocycles. The van der Waals surface area contributed by atoms with Gasteiger partial charge in [-0.25, -0.2) is 4.98 Å². The topological polar surface area (TPSA) is 82.6 Å². The Labute approximate surface area is 198 Å². The highest BCUT2D eigenvalue weighted by atomic mass is 35.5. The largest absolute Gasteiger partial charge is 0.611 e. The van der Waals surface area contributed by atoms with Gasteiger partial charge in [-0.1, -0.05) is 18.5 Å². The Morgan fingerprint density at radius 1 is 1.28 bits per heavy atom. The molecule has 0 radical (unpaired) electrons. The zero-order chi connectivity index (χ0) is 22.5. The number of rotatable bonds is 9. The van der Waals surface area contributed by atoms with Crippen LogP contribution in [-0.2, 0) is 22.3 Å². The Bertz CT molecular complexity index is 896. The van der Waals surface area contributed by atoms with Crippen molar-refractivity contribution in [3.8, 4) is 5.75 Å². The third-order valence-corrected chi connectivity index (χ3v) is 7.65. The number of hydrogen-bond acceptors (Lipinski definition) is 7. The van der Waals surface area contributed by atoms with Crippen LogP contribution >= 0.6 is 11.6 Å². The number of aryl methyl sites for hydroxylation is 1. The van der Waals surface area contributed by atoms with Crippen LogP contribution in [-0.4, -0.2) is 59.2 Å². The Hall–Kier alpha value is -1.74. The fraction of sp³-hybridized carbons (Fsp3) is 0.565. The van der Waals surface area contributed by atoms with E-state index in [0.29, 0.717) is 16.7 Å². The first-order valence-electron chi connectivity index (χ1n) is 11.3. The molecule has 2 unspecified atom stereocenters. The van der Waals surface area contributed by atoms with Crippen LogP contribution < -0.4 is 15.0 Å². The van der Waals surface area contributed by atoms with Gasteiger partial charge >= 0.3 is 0 Å². The summed E-state index contributed by atoms with van der Waals surface area (Å²) >= 11 is 4.93. The van der Waals surface area contributed by atoms with Gasteiger partial charge in [0.2, 0.25) is 10.8 Å². The van der Waals surface area contributed by atoms with Crippen LogP contribution in [0.1, 0.15) is 38.3 Å². The van der Waals surface area contributed by atoms with Crippen molar-refractivity contribution in [1.29, 1.82) is 0 Å². The summed E-state index contributed by atoms with van der Waals surface area (Å²) in [6.07, 6.45) is 4.40. The van der Waals surface area contributed by atoms with Gasteiger partial charge in [-0.2, -0.15) is 4.98 Å². The number of ether oxygens (including phenoxy) is 2. The Balaban J connectivity index is 1.43. The smallest absolute Gasteiger partial charge is 0.227 e. The normalized spacial score (nSPS) is 19.4. The molecule has 0 aliphatic carbocycles. The lowest BCUT2D eigenvalue weighted by atomic mass is 10.1. The number of benzene rings is 1. The van der Waals surface area contributed by atoms with E-state index in [9.17, 15) is 4.55 Å². The molecule has 1 fully saturated rings. The molecule has 9 heteroatoms. The van der Waals surface area contributed by atoms with Gasteiger partial charge < -0.3 is 24.2 Å². The molecule has 1 aromatic heterocycles. The second kappa shape index (κ2) is 10.9. The summed E-state index contributed by atoms with van der Waals surface area (Å²) in [6, 6.07) is 7.76. The van der Waals surface area contributed by atoms with E-state index in [2.05, 4.69) is 17.1 Å². The number of fused-ring (bicyclic) bond motifs is 1. The first-order valence-corrected chi connectivity index (χ1v) is 13.0. The summed E-state index contributed by atoms with van der Waals surface area (Å²) in [4.78, 5) is 12.4. The van der Waals surface area contributed by atoms with Gasteiger partial charge in [0, 0.05) is 50.7 Å². The zero-order valence-corrected chi connectivity index (χ0v) is 20.3. The summed E-state index contributed by atoms with van der Waals surface area (Å²) in [5, 5.41) is 4.23. The number of nitrogens with zero attached hydrogens (tertiary/aromatic N) is 3.